The van der Waals surface area contributed by atoms with E-state index in [0.29, 0.717) is 29.7 Å². The van der Waals surface area contributed by atoms with Crippen molar-refractivity contribution in [3.8, 4) is 11.5 Å². The number of rotatable bonds is 4. The third-order valence-electron chi connectivity index (χ3n) is 5.12. The molecule has 1 fully saturated rings. The van der Waals surface area contributed by atoms with Crippen LogP contribution in [0, 0.1) is 0 Å². The lowest BCUT2D eigenvalue weighted by atomic mass is 10.1. The molecule has 2 aromatic carbocycles. The molecule has 28 heavy (non-hydrogen) atoms. The molecule has 0 atom stereocenters. The Balaban J connectivity index is 1.33. The standard InChI is InChI=1S/C22H23ClN2O3/c23-19-14-18(15-20-22(19)28-13-12-27-20)6-7-21(26)25-10-8-24(9-11-25)16-17-4-2-1-3-5-17/h1-7,14-15H,8-13,16H2/p+1/b7-6+. The second-order valence-corrected chi connectivity index (χ2v) is 7.51. The van der Waals surface area contributed by atoms with E-state index in [9.17, 15) is 4.79 Å². The Hall–Kier alpha value is -2.50. The van der Waals surface area contributed by atoms with E-state index in [1.54, 1.807) is 18.2 Å². The van der Waals surface area contributed by atoms with Crippen LogP contribution in [0.3, 0.4) is 0 Å². The van der Waals surface area contributed by atoms with Crippen molar-refractivity contribution in [3.63, 3.8) is 0 Å². The maximum Gasteiger partial charge on any atom is 0.246 e. The highest BCUT2D eigenvalue weighted by molar-refractivity contribution is 6.32. The smallest absolute Gasteiger partial charge is 0.246 e. The zero-order valence-electron chi connectivity index (χ0n) is 15.7. The molecule has 2 heterocycles. The van der Waals surface area contributed by atoms with E-state index in [-0.39, 0.29) is 5.91 Å². The van der Waals surface area contributed by atoms with Gasteiger partial charge in [0, 0.05) is 11.6 Å². The summed E-state index contributed by atoms with van der Waals surface area (Å²) in [5, 5.41) is 0.502. The number of quaternary nitrogens is 1. The molecule has 4 rings (SSSR count). The molecule has 1 N–H and O–H groups in total. The van der Waals surface area contributed by atoms with Crippen molar-refractivity contribution in [2.45, 2.75) is 6.54 Å². The van der Waals surface area contributed by atoms with Gasteiger partial charge in [-0.2, -0.15) is 0 Å². The molecule has 0 unspecified atom stereocenters. The Kier molecular flexibility index (Phi) is 5.84. The topological polar surface area (TPSA) is 43.2 Å². The number of nitrogens with zero attached hydrogens (tertiary/aromatic N) is 1. The molecule has 6 heteroatoms. The maximum atomic E-state index is 12.6. The fraction of sp³-hybridized carbons (Fsp3) is 0.318. The monoisotopic (exact) mass is 399 g/mol. The van der Waals surface area contributed by atoms with Gasteiger partial charge in [0.1, 0.15) is 19.8 Å². The summed E-state index contributed by atoms with van der Waals surface area (Å²) in [4.78, 5) is 16.0. The van der Waals surface area contributed by atoms with Crippen LogP contribution in [0.15, 0.2) is 48.5 Å². The molecule has 0 saturated carbocycles. The Morgan fingerprint density at radius 3 is 2.64 bits per heavy atom. The minimum atomic E-state index is 0.0322. The van der Waals surface area contributed by atoms with Crippen LogP contribution in [0.5, 0.6) is 11.5 Å². The van der Waals surface area contributed by atoms with Gasteiger partial charge in [-0.15, -0.1) is 0 Å². The molecule has 0 bridgehead atoms. The second-order valence-electron chi connectivity index (χ2n) is 7.10. The van der Waals surface area contributed by atoms with Gasteiger partial charge in [0.15, 0.2) is 11.5 Å². The van der Waals surface area contributed by atoms with Crippen molar-refractivity contribution in [3.05, 3.63) is 64.7 Å². The predicted octanol–water partition coefficient (Wildman–Crippen LogP) is 2.05. The Labute approximate surface area is 170 Å². The number of fused-ring (bicyclic) bond motifs is 1. The van der Waals surface area contributed by atoms with Gasteiger partial charge >= 0.3 is 0 Å². The molecule has 2 aliphatic rings. The van der Waals surface area contributed by atoms with Crippen LogP contribution >= 0.6 is 11.6 Å². The summed E-state index contributed by atoms with van der Waals surface area (Å²) in [6, 6.07) is 14.1. The third-order valence-corrected chi connectivity index (χ3v) is 5.40. The quantitative estimate of drug-likeness (QED) is 0.800. The van der Waals surface area contributed by atoms with Crippen LogP contribution in [-0.4, -0.2) is 50.2 Å². The number of nitrogens with one attached hydrogen (secondary N) is 1. The first-order valence-electron chi connectivity index (χ1n) is 9.63. The lowest BCUT2D eigenvalue weighted by Crippen LogP contribution is -3.13. The first kappa shape index (κ1) is 18.8. The molecule has 0 radical (unpaired) electrons. The second kappa shape index (κ2) is 8.67. The van der Waals surface area contributed by atoms with Gasteiger partial charge in [-0.3, -0.25) is 4.79 Å². The van der Waals surface area contributed by atoms with Gasteiger partial charge in [0.25, 0.3) is 0 Å². The minimum absolute atomic E-state index is 0.0322. The summed E-state index contributed by atoms with van der Waals surface area (Å²) in [7, 11) is 0. The number of amides is 1. The molecular formula is C22H24ClN2O3+. The van der Waals surface area contributed by atoms with Crippen LogP contribution in [0.1, 0.15) is 11.1 Å². The van der Waals surface area contributed by atoms with E-state index < -0.39 is 0 Å². The Morgan fingerprint density at radius 1 is 1.11 bits per heavy atom. The van der Waals surface area contributed by atoms with E-state index in [0.717, 1.165) is 38.3 Å². The van der Waals surface area contributed by atoms with Gasteiger partial charge in [0.05, 0.1) is 31.2 Å². The summed E-state index contributed by atoms with van der Waals surface area (Å²) in [6.07, 6.45) is 3.40. The summed E-state index contributed by atoms with van der Waals surface area (Å²) < 4.78 is 11.1. The molecular weight excluding hydrogens is 376 g/mol. The van der Waals surface area contributed by atoms with Crippen molar-refractivity contribution >= 4 is 23.6 Å². The predicted molar refractivity (Wildman–Crippen MR) is 109 cm³/mol. The number of carbonyl (C=O) groups excluding carboxylic acids is 1. The van der Waals surface area contributed by atoms with Gasteiger partial charge in [0.2, 0.25) is 5.91 Å². The summed E-state index contributed by atoms with van der Waals surface area (Å²) in [5.41, 5.74) is 2.17. The van der Waals surface area contributed by atoms with E-state index in [4.69, 9.17) is 21.1 Å². The molecule has 2 aromatic rings. The first-order chi connectivity index (χ1) is 13.7. The fourth-order valence-electron chi connectivity index (χ4n) is 3.60. The number of halogens is 1. The van der Waals surface area contributed by atoms with Crippen molar-refractivity contribution in [1.82, 2.24) is 4.90 Å². The zero-order valence-corrected chi connectivity index (χ0v) is 16.5. The van der Waals surface area contributed by atoms with Crippen molar-refractivity contribution < 1.29 is 19.2 Å². The number of carbonyl (C=O) groups is 1. The van der Waals surface area contributed by atoms with Gasteiger partial charge in [-0.25, -0.2) is 0 Å². The number of ether oxygens (including phenoxy) is 2. The van der Waals surface area contributed by atoms with Crippen LogP contribution in [0.25, 0.3) is 6.08 Å². The summed E-state index contributed by atoms with van der Waals surface area (Å²) in [6.45, 7) is 5.48. The average Bonchev–Trinajstić information content (AvgIpc) is 2.73. The van der Waals surface area contributed by atoms with E-state index in [1.807, 2.05) is 17.0 Å². The zero-order chi connectivity index (χ0) is 19.3. The Morgan fingerprint density at radius 2 is 1.86 bits per heavy atom. The van der Waals surface area contributed by atoms with Crippen molar-refractivity contribution in [2.75, 3.05) is 39.4 Å². The highest BCUT2D eigenvalue weighted by atomic mass is 35.5. The van der Waals surface area contributed by atoms with Gasteiger partial charge in [-0.05, 0) is 23.8 Å². The minimum Gasteiger partial charge on any atom is -0.486 e. The molecule has 5 nitrogen and oxygen atoms in total. The Bertz CT molecular complexity index is 862. The molecule has 0 spiro atoms. The number of benzene rings is 2. The van der Waals surface area contributed by atoms with Gasteiger partial charge in [-0.1, -0.05) is 41.9 Å². The van der Waals surface area contributed by atoms with Crippen LogP contribution in [0.4, 0.5) is 0 Å². The van der Waals surface area contributed by atoms with Crippen molar-refractivity contribution in [2.24, 2.45) is 0 Å². The highest BCUT2D eigenvalue weighted by Gasteiger charge is 2.22. The van der Waals surface area contributed by atoms with Crippen LogP contribution in [0.2, 0.25) is 5.02 Å². The first-order valence-corrected chi connectivity index (χ1v) is 10.0. The van der Waals surface area contributed by atoms with Gasteiger partial charge < -0.3 is 19.3 Å². The highest BCUT2D eigenvalue weighted by Crippen LogP contribution is 2.38. The van der Waals surface area contributed by atoms with Crippen molar-refractivity contribution in [1.29, 1.82) is 0 Å². The molecule has 0 aliphatic carbocycles. The number of piperazine rings is 1. The molecule has 1 amide bonds. The third kappa shape index (κ3) is 4.49. The molecule has 0 aromatic heterocycles. The van der Waals surface area contributed by atoms with E-state index >= 15 is 0 Å². The fourth-order valence-corrected chi connectivity index (χ4v) is 3.88. The number of hydrogen-bond acceptors (Lipinski definition) is 3. The van der Waals surface area contributed by atoms with Crippen LogP contribution < -0.4 is 14.4 Å². The normalized spacial score (nSPS) is 17.1. The molecule has 1 saturated heterocycles. The molecule has 2 aliphatic heterocycles. The SMILES string of the molecule is O=C(/C=C/c1cc(Cl)c2c(c1)OCCO2)N1CC[NH+](Cc2ccccc2)CC1. The van der Waals surface area contributed by atoms with Crippen LogP contribution in [-0.2, 0) is 11.3 Å². The largest absolute Gasteiger partial charge is 0.486 e. The molecule has 146 valence electrons. The van der Waals surface area contributed by atoms with E-state index in [1.165, 1.54) is 10.5 Å². The number of hydrogen-bond donors (Lipinski definition) is 1. The summed E-state index contributed by atoms with van der Waals surface area (Å²) >= 11 is 6.26. The lowest BCUT2D eigenvalue weighted by Gasteiger charge is -2.31. The summed E-state index contributed by atoms with van der Waals surface area (Å²) in [5.74, 6) is 1.24. The lowest BCUT2D eigenvalue weighted by molar-refractivity contribution is -0.917. The van der Waals surface area contributed by atoms with E-state index in [2.05, 4.69) is 24.3 Å². The average molecular weight is 400 g/mol. The maximum absolute atomic E-state index is 12.6.